The van der Waals surface area contributed by atoms with Crippen molar-refractivity contribution in [1.82, 2.24) is 0 Å². The van der Waals surface area contributed by atoms with Gasteiger partial charge in [0.2, 0.25) is 9.84 Å². The standard InChI is InChI=1S/C23H14FNO2S/c24-20-9-11-23(19(13-20)15-25)18-7-6-17-14-22(10-8-16(17)12-18)28(26,27)21-4-2-1-3-5-21/h1-14H. The van der Waals surface area contributed by atoms with E-state index in [9.17, 15) is 18.1 Å². The molecule has 0 atom stereocenters. The Bertz CT molecular complexity index is 1340. The summed E-state index contributed by atoms with van der Waals surface area (Å²) in [4.78, 5) is 0.467. The summed E-state index contributed by atoms with van der Waals surface area (Å²) in [6.45, 7) is 0. The molecule has 0 saturated heterocycles. The van der Waals surface area contributed by atoms with E-state index in [2.05, 4.69) is 0 Å². The monoisotopic (exact) mass is 387 g/mol. The van der Waals surface area contributed by atoms with Gasteiger partial charge in [0.25, 0.3) is 0 Å². The summed E-state index contributed by atoms with van der Waals surface area (Å²) < 4.78 is 39.0. The third kappa shape index (κ3) is 3.15. The lowest BCUT2D eigenvalue weighted by Crippen LogP contribution is -2.01. The first-order chi connectivity index (χ1) is 13.5. The Kier molecular flexibility index (Phi) is 4.42. The smallest absolute Gasteiger partial charge is 0.206 e. The van der Waals surface area contributed by atoms with Gasteiger partial charge in [0.05, 0.1) is 21.4 Å². The molecule has 0 heterocycles. The van der Waals surface area contributed by atoms with Crippen molar-refractivity contribution in [1.29, 1.82) is 5.26 Å². The molecule has 0 fully saturated rings. The van der Waals surface area contributed by atoms with Gasteiger partial charge in [0.15, 0.2) is 0 Å². The highest BCUT2D eigenvalue weighted by Crippen LogP contribution is 2.30. The van der Waals surface area contributed by atoms with Crippen LogP contribution in [0.15, 0.2) is 94.7 Å². The van der Waals surface area contributed by atoms with Gasteiger partial charge in [-0.1, -0.05) is 42.5 Å². The van der Waals surface area contributed by atoms with Gasteiger partial charge in [-0.05, 0) is 64.4 Å². The van der Waals surface area contributed by atoms with Crippen molar-refractivity contribution >= 4 is 20.6 Å². The number of sulfone groups is 1. The van der Waals surface area contributed by atoms with Crippen LogP contribution >= 0.6 is 0 Å². The summed E-state index contributed by atoms with van der Waals surface area (Å²) in [5.41, 5.74) is 1.65. The highest BCUT2D eigenvalue weighted by Gasteiger charge is 2.17. The molecule has 0 aliphatic rings. The van der Waals surface area contributed by atoms with E-state index in [4.69, 9.17) is 0 Å². The molecule has 5 heteroatoms. The van der Waals surface area contributed by atoms with Crippen LogP contribution in [0.3, 0.4) is 0 Å². The topological polar surface area (TPSA) is 57.9 Å². The van der Waals surface area contributed by atoms with E-state index in [-0.39, 0.29) is 15.4 Å². The van der Waals surface area contributed by atoms with Crippen LogP contribution in [0.2, 0.25) is 0 Å². The molecule has 0 aliphatic heterocycles. The lowest BCUT2D eigenvalue weighted by Gasteiger charge is -2.09. The minimum Gasteiger partial charge on any atom is -0.219 e. The summed E-state index contributed by atoms with van der Waals surface area (Å²) in [7, 11) is -3.59. The molecule has 136 valence electrons. The fraction of sp³-hybridized carbons (Fsp3) is 0. The summed E-state index contributed by atoms with van der Waals surface area (Å²) in [5, 5.41) is 10.9. The second kappa shape index (κ2) is 6.91. The molecule has 0 saturated carbocycles. The minimum absolute atomic E-state index is 0.221. The van der Waals surface area contributed by atoms with Crippen LogP contribution in [0, 0.1) is 17.1 Å². The maximum absolute atomic E-state index is 13.4. The number of halogens is 1. The second-order valence-corrected chi connectivity index (χ2v) is 8.29. The van der Waals surface area contributed by atoms with Crippen molar-refractivity contribution in [3.05, 3.63) is 96.3 Å². The highest BCUT2D eigenvalue weighted by atomic mass is 32.2. The zero-order valence-electron chi connectivity index (χ0n) is 14.6. The quantitative estimate of drug-likeness (QED) is 0.476. The van der Waals surface area contributed by atoms with Gasteiger partial charge >= 0.3 is 0 Å². The Morgan fingerprint density at radius 3 is 2.21 bits per heavy atom. The summed E-state index contributed by atoms with van der Waals surface area (Å²) >= 11 is 0. The van der Waals surface area contributed by atoms with Gasteiger partial charge in [-0.25, -0.2) is 12.8 Å². The van der Waals surface area contributed by atoms with E-state index in [1.165, 1.54) is 12.1 Å². The second-order valence-electron chi connectivity index (χ2n) is 6.34. The first-order valence-corrected chi connectivity index (χ1v) is 10.0. The summed E-state index contributed by atoms with van der Waals surface area (Å²) in [5.74, 6) is -0.461. The number of nitriles is 1. The number of hydrogen-bond donors (Lipinski definition) is 0. The van der Waals surface area contributed by atoms with E-state index in [0.717, 1.165) is 16.3 Å². The van der Waals surface area contributed by atoms with E-state index >= 15 is 0 Å². The molecule has 0 radical (unpaired) electrons. The number of benzene rings is 4. The number of hydrogen-bond acceptors (Lipinski definition) is 3. The Morgan fingerprint density at radius 1 is 0.750 bits per heavy atom. The Balaban J connectivity index is 1.80. The normalized spacial score (nSPS) is 11.3. The largest absolute Gasteiger partial charge is 0.219 e. The van der Waals surface area contributed by atoms with Gasteiger partial charge in [-0.15, -0.1) is 0 Å². The van der Waals surface area contributed by atoms with Gasteiger partial charge in [-0.3, -0.25) is 0 Å². The first kappa shape index (κ1) is 17.9. The molecule has 0 spiro atoms. The summed E-state index contributed by atoms with van der Waals surface area (Å²) in [6.07, 6.45) is 0. The maximum atomic E-state index is 13.4. The SMILES string of the molecule is N#Cc1cc(F)ccc1-c1ccc2cc(S(=O)(=O)c3ccccc3)ccc2c1. The van der Waals surface area contributed by atoms with Gasteiger partial charge in [-0.2, -0.15) is 5.26 Å². The van der Waals surface area contributed by atoms with Crippen LogP contribution in [-0.2, 0) is 9.84 Å². The van der Waals surface area contributed by atoms with Crippen molar-refractivity contribution in [2.24, 2.45) is 0 Å². The van der Waals surface area contributed by atoms with Crippen LogP contribution in [-0.4, -0.2) is 8.42 Å². The molecule has 0 bridgehead atoms. The fourth-order valence-corrected chi connectivity index (χ4v) is 4.47. The average Bonchev–Trinajstić information content (AvgIpc) is 2.73. The molecular formula is C23H14FNO2S. The zero-order chi connectivity index (χ0) is 19.7. The van der Waals surface area contributed by atoms with Gasteiger partial charge < -0.3 is 0 Å². The van der Waals surface area contributed by atoms with Crippen LogP contribution in [0.25, 0.3) is 21.9 Å². The Labute approximate surface area is 162 Å². The molecule has 0 N–H and O–H groups in total. The van der Waals surface area contributed by atoms with E-state index in [1.807, 2.05) is 12.1 Å². The molecule has 4 rings (SSSR count). The zero-order valence-corrected chi connectivity index (χ0v) is 15.4. The highest BCUT2D eigenvalue weighted by molar-refractivity contribution is 7.91. The number of rotatable bonds is 3. The van der Waals surface area contributed by atoms with Crippen LogP contribution < -0.4 is 0 Å². The van der Waals surface area contributed by atoms with Crippen molar-refractivity contribution in [2.75, 3.05) is 0 Å². The molecule has 0 aromatic heterocycles. The molecule has 0 amide bonds. The maximum Gasteiger partial charge on any atom is 0.206 e. The fourth-order valence-electron chi connectivity index (χ4n) is 3.15. The van der Waals surface area contributed by atoms with E-state index < -0.39 is 15.7 Å². The third-order valence-electron chi connectivity index (χ3n) is 4.59. The van der Waals surface area contributed by atoms with Crippen molar-refractivity contribution < 1.29 is 12.8 Å². The van der Waals surface area contributed by atoms with Gasteiger partial charge in [0, 0.05) is 0 Å². The van der Waals surface area contributed by atoms with Crippen LogP contribution in [0.1, 0.15) is 5.56 Å². The Morgan fingerprint density at radius 2 is 1.46 bits per heavy atom. The molecule has 0 aliphatic carbocycles. The van der Waals surface area contributed by atoms with Gasteiger partial charge in [0.1, 0.15) is 5.82 Å². The molecular weight excluding hydrogens is 373 g/mol. The van der Waals surface area contributed by atoms with Crippen LogP contribution in [0.5, 0.6) is 0 Å². The van der Waals surface area contributed by atoms with Crippen molar-refractivity contribution in [2.45, 2.75) is 9.79 Å². The lowest BCUT2D eigenvalue weighted by molar-refractivity contribution is 0.596. The number of nitrogens with zero attached hydrogens (tertiary/aromatic N) is 1. The van der Waals surface area contributed by atoms with Crippen molar-refractivity contribution in [3.63, 3.8) is 0 Å². The third-order valence-corrected chi connectivity index (χ3v) is 6.36. The molecule has 28 heavy (non-hydrogen) atoms. The predicted octanol–water partition coefficient (Wildman–Crippen LogP) is 5.35. The average molecular weight is 387 g/mol. The molecule has 3 nitrogen and oxygen atoms in total. The van der Waals surface area contributed by atoms with Crippen LogP contribution in [0.4, 0.5) is 4.39 Å². The molecule has 0 unspecified atom stereocenters. The van der Waals surface area contributed by atoms with E-state index in [0.29, 0.717) is 5.56 Å². The lowest BCUT2D eigenvalue weighted by atomic mass is 9.97. The molecule has 4 aromatic carbocycles. The van der Waals surface area contributed by atoms with Crippen molar-refractivity contribution in [3.8, 4) is 17.2 Å². The summed E-state index contributed by atoms with van der Waals surface area (Å²) in [6, 6.07) is 24.8. The van der Waals surface area contributed by atoms with E-state index in [1.54, 1.807) is 66.7 Å². The molecule has 4 aromatic rings. The minimum atomic E-state index is -3.59. The first-order valence-electron chi connectivity index (χ1n) is 8.53. The Hall–Kier alpha value is -3.49. The number of fused-ring (bicyclic) bond motifs is 1. The predicted molar refractivity (Wildman–Crippen MR) is 106 cm³/mol.